The van der Waals surface area contributed by atoms with Crippen LogP contribution in [0.4, 0.5) is 8.78 Å². The molecule has 0 spiro atoms. The smallest absolute Gasteiger partial charge is 0.356 e. The lowest BCUT2D eigenvalue weighted by atomic mass is 9.96. The van der Waals surface area contributed by atoms with Gasteiger partial charge in [0.2, 0.25) is 0 Å². The van der Waals surface area contributed by atoms with Crippen molar-refractivity contribution >= 4 is 5.97 Å². The minimum atomic E-state index is -0.419. The first-order chi connectivity index (χ1) is 16.0. The standard InChI is InChI=1S/C26H27F2N3O2/c1-2-33-26(32)24-11-5-10-23(29-24)18-30-12-14-31(15-13-30)25(19-6-3-8-21(27)16-19)20-7-4-9-22(28)17-20/h3-11,16-17,25H,2,12-15,18H2,1H3. The highest BCUT2D eigenvalue weighted by molar-refractivity contribution is 5.87. The number of hydrogen-bond acceptors (Lipinski definition) is 5. The molecule has 0 radical (unpaired) electrons. The average Bonchev–Trinajstić information content (AvgIpc) is 2.81. The van der Waals surface area contributed by atoms with Gasteiger partial charge in [0.15, 0.2) is 0 Å². The van der Waals surface area contributed by atoms with Crippen molar-refractivity contribution in [2.75, 3.05) is 32.8 Å². The van der Waals surface area contributed by atoms with Crippen molar-refractivity contribution in [2.45, 2.75) is 19.5 Å². The summed E-state index contributed by atoms with van der Waals surface area (Å²) < 4.78 is 33.0. The highest BCUT2D eigenvalue weighted by atomic mass is 19.1. The number of hydrogen-bond donors (Lipinski definition) is 0. The molecule has 0 aliphatic carbocycles. The molecule has 0 atom stereocenters. The summed E-state index contributed by atoms with van der Waals surface area (Å²) in [6.07, 6.45) is 0. The Hall–Kier alpha value is -3.16. The maximum absolute atomic E-state index is 14.0. The topological polar surface area (TPSA) is 45.7 Å². The molecule has 7 heteroatoms. The Morgan fingerprint density at radius 2 is 1.55 bits per heavy atom. The maximum atomic E-state index is 14.0. The Labute approximate surface area is 192 Å². The summed E-state index contributed by atoms with van der Waals surface area (Å²) in [5, 5.41) is 0. The molecule has 4 rings (SSSR count). The first-order valence-electron chi connectivity index (χ1n) is 11.1. The molecule has 0 unspecified atom stereocenters. The number of piperazine rings is 1. The Balaban J connectivity index is 1.47. The lowest BCUT2D eigenvalue weighted by Crippen LogP contribution is -2.47. The van der Waals surface area contributed by atoms with Gasteiger partial charge in [-0.25, -0.2) is 18.6 Å². The van der Waals surface area contributed by atoms with E-state index in [1.54, 1.807) is 25.1 Å². The van der Waals surface area contributed by atoms with Gasteiger partial charge in [-0.15, -0.1) is 0 Å². The minimum Gasteiger partial charge on any atom is -0.461 e. The van der Waals surface area contributed by atoms with Crippen LogP contribution < -0.4 is 0 Å². The molecule has 33 heavy (non-hydrogen) atoms. The van der Waals surface area contributed by atoms with E-state index in [-0.39, 0.29) is 17.7 Å². The third-order valence-corrected chi connectivity index (χ3v) is 5.78. The van der Waals surface area contributed by atoms with Gasteiger partial charge in [-0.05, 0) is 54.4 Å². The molecule has 1 aliphatic heterocycles. The van der Waals surface area contributed by atoms with Crippen LogP contribution in [-0.2, 0) is 11.3 Å². The Kier molecular flexibility index (Phi) is 7.42. The number of carbonyl (C=O) groups excluding carboxylic acids is 1. The maximum Gasteiger partial charge on any atom is 0.356 e. The third kappa shape index (κ3) is 5.80. The molecule has 1 fully saturated rings. The number of benzene rings is 2. The van der Waals surface area contributed by atoms with E-state index in [2.05, 4.69) is 14.8 Å². The van der Waals surface area contributed by atoms with Gasteiger partial charge in [-0.3, -0.25) is 9.80 Å². The summed E-state index contributed by atoms with van der Waals surface area (Å²) >= 11 is 0. The molecule has 0 amide bonds. The Bertz CT molecular complexity index is 1050. The van der Waals surface area contributed by atoms with Gasteiger partial charge in [-0.2, -0.15) is 0 Å². The molecule has 1 aromatic heterocycles. The molecule has 2 heterocycles. The molecule has 2 aromatic carbocycles. The molecule has 0 bridgehead atoms. The van der Waals surface area contributed by atoms with Crippen LogP contribution >= 0.6 is 0 Å². The van der Waals surface area contributed by atoms with E-state index in [4.69, 9.17) is 4.74 Å². The van der Waals surface area contributed by atoms with Crippen LogP contribution in [0.1, 0.15) is 40.3 Å². The van der Waals surface area contributed by atoms with E-state index in [0.29, 0.717) is 18.8 Å². The van der Waals surface area contributed by atoms with Crippen LogP contribution in [0, 0.1) is 11.6 Å². The SMILES string of the molecule is CCOC(=O)c1cccc(CN2CCN(C(c3cccc(F)c3)c3cccc(F)c3)CC2)n1. The van der Waals surface area contributed by atoms with Crippen molar-refractivity contribution < 1.29 is 18.3 Å². The fourth-order valence-corrected chi connectivity index (χ4v) is 4.26. The highest BCUT2D eigenvalue weighted by Crippen LogP contribution is 2.30. The number of esters is 1. The van der Waals surface area contributed by atoms with E-state index in [1.807, 2.05) is 24.3 Å². The number of aromatic nitrogens is 1. The molecular weight excluding hydrogens is 424 g/mol. The summed E-state index contributed by atoms with van der Waals surface area (Å²) in [5.41, 5.74) is 2.72. The largest absolute Gasteiger partial charge is 0.461 e. The van der Waals surface area contributed by atoms with E-state index in [0.717, 1.165) is 43.0 Å². The van der Waals surface area contributed by atoms with Gasteiger partial charge < -0.3 is 4.74 Å². The first-order valence-corrected chi connectivity index (χ1v) is 11.1. The predicted octanol–water partition coefficient (Wildman–Crippen LogP) is 4.44. The van der Waals surface area contributed by atoms with E-state index in [1.165, 1.54) is 24.3 Å². The van der Waals surface area contributed by atoms with Crippen molar-refractivity contribution in [3.8, 4) is 0 Å². The number of halogens is 2. The lowest BCUT2D eigenvalue weighted by molar-refractivity contribution is 0.0518. The van der Waals surface area contributed by atoms with Gasteiger partial charge >= 0.3 is 5.97 Å². The Morgan fingerprint density at radius 1 is 0.939 bits per heavy atom. The van der Waals surface area contributed by atoms with E-state index >= 15 is 0 Å². The van der Waals surface area contributed by atoms with Crippen LogP contribution in [0.2, 0.25) is 0 Å². The van der Waals surface area contributed by atoms with Crippen molar-refractivity contribution in [3.63, 3.8) is 0 Å². The van der Waals surface area contributed by atoms with Crippen molar-refractivity contribution in [2.24, 2.45) is 0 Å². The van der Waals surface area contributed by atoms with Gasteiger partial charge in [0.1, 0.15) is 17.3 Å². The van der Waals surface area contributed by atoms with Gasteiger partial charge in [0, 0.05) is 32.7 Å². The molecule has 0 saturated carbocycles. The zero-order valence-corrected chi connectivity index (χ0v) is 18.6. The second kappa shape index (κ2) is 10.6. The summed E-state index contributed by atoms with van der Waals surface area (Å²) in [5.74, 6) is -1.03. The molecule has 5 nitrogen and oxygen atoms in total. The fourth-order valence-electron chi connectivity index (χ4n) is 4.26. The molecular formula is C26H27F2N3O2. The normalized spacial score (nSPS) is 15.0. The predicted molar refractivity (Wildman–Crippen MR) is 122 cm³/mol. The van der Waals surface area contributed by atoms with Crippen molar-refractivity contribution in [1.29, 1.82) is 0 Å². The first kappa shape index (κ1) is 23.0. The van der Waals surface area contributed by atoms with Crippen LogP contribution in [0.5, 0.6) is 0 Å². The quantitative estimate of drug-likeness (QED) is 0.497. The molecule has 1 saturated heterocycles. The molecule has 3 aromatic rings. The van der Waals surface area contributed by atoms with Gasteiger partial charge in [-0.1, -0.05) is 30.3 Å². The summed E-state index contributed by atoms with van der Waals surface area (Å²) in [6.45, 7) is 5.70. The number of nitrogens with zero attached hydrogens (tertiary/aromatic N) is 3. The van der Waals surface area contributed by atoms with Crippen molar-refractivity contribution in [3.05, 3.63) is 101 Å². The number of ether oxygens (including phenoxy) is 1. The van der Waals surface area contributed by atoms with Crippen molar-refractivity contribution in [1.82, 2.24) is 14.8 Å². The zero-order valence-electron chi connectivity index (χ0n) is 18.6. The highest BCUT2D eigenvalue weighted by Gasteiger charge is 2.27. The van der Waals surface area contributed by atoms with Crippen LogP contribution in [0.15, 0.2) is 66.7 Å². The van der Waals surface area contributed by atoms with Crippen LogP contribution in [0.25, 0.3) is 0 Å². The zero-order chi connectivity index (χ0) is 23.2. The number of pyridine rings is 1. The molecule has 0 N–H and O–H groups in total. The minimum absolute atomic E-state index is 0.233. The van der Waals surface area contributed by atoms with Gasteiger partial charge in [0.25, 0.3) is 0 Å². The van der Waals surface area contributed by atoms with Gasteiger partial charge in [0.05, 0.1) is 18.3 Å². The fraction of sp³-hybridized carbons (Fsp3) is 0.308. The Morgan fingerprint density at radius 3 is 2.12 bits per heavy atom. The third-order valence-electron chi connectivity index (χ3n) is 5.78. The lowest BCUT2D eigenvalue weighted by Gasteiger charge is -2.39. The van der Waals surface area contributed by atoms with Crippen LogP contribution in [0.3, 0.4) is 0 Å². The summed E-state index contributed by atoms with van der Waals surface area (Å²) in [6, 6.07) is 18.2. The number of carbonyl (C=O) groups is 1. The summed E-state index contributed by atoms with van der Waals surface area (Å²) in [4.78, 5) is 20.9. The second-order valence-corrected chi connectivity index (χ2v) is 8.06. The second-order valence-electron chi connectivity index (χ2n) is 8.06. The van der Waals surface area contributed by atoms with E-state index in [9.17, 15) is 13.6 Å². The van der Waals surface area contributed by atoms with E-state index < -0.39 is 5.97 Å². The molecule has 1 aliphatic rings. The number of rotatable bonds is 7. The monoisotopic (exact) mass is 451 g/mol. The molecule has 172 valence electrons. The summed E-state index contributed by atoms with van der Waals surface area (Å²) in [7, 11) is 0. The van der Waals surface area contributed by atoms with Crippen LogP contribution in [-0.4, -0.2) is 53.5 Å². The average molecular weight is 452 g/mol.